The largest absolute Gasteiger partial charge is 0.341 e. The second-order valence-electron chi connectivity index (χ2n) is 23.5. The maximum atomic E-state index is 5.51. The van der Waals surface area contributed by atoms with Gasteiger partial charge in [0.25, 0.3) is 0 Å². The first-order valence-corrected chi connectivity index (χ1v) is 24.8. The highest BCUT2D eigenvalue weighted by Crippen LogP contribution is 2.43. The van der Waals surface area contributed by atoms with Crippen LogP contribution in [-0.4, -0.2) is 162 Å². The molecule has 5 heterocycles. The van der Waals surface area contributed by atoms with Crippen LogP contribution in [0.25, 0.3) is 0 Å². The maximum absolute atomic E-state index is 5.51. The molecule has 2 aromatic rings. The van der Waals surface area contributed by atoms with Gasteiger partial charge < -0.3 is 25.3 Å². The van der Waals surface area contributed by atoms with Crippen molar-refractivity contribution in [1.82, 2.24) is 49.5 Å². The third-order valence-electron chi connectivity index (χ3n) is 16.0. The minimum absolute atomic E-state index is 0.0246. The Hall–Kier alpha value is -3.14. The second-order valence-corrected chi connectivity index (χ2v) is 23.5. The van der Waals surface area contributed by atoms with Gasteiger partial charge in [0.1, 0.15) is 6.33 Å². The Morgan fingerprint density at radius 1 is 0.500 bits per heavy atom. The SMILES string of the molecule is CCCCN(c1nc(NCN(C)CNc2ncnc(N(CC)C3CC(C)(C)N(C)C(C)(C)C3)n2)nc(N(CCCC)C2CC(C)(C)N(C)C(C)(C)C2)n1)C1CC(C)(C)N(C)C(C)(C)C1. The van der Waals surface area contributed by atoms with E-state index in [2.05, 4.69) is 187 Å². The van der Waals surface area contributed by atoms with Crippen molar-refractivity contribution >= 4 is 29.7 Å². The molecule has 3 aliphatic heterocycles. The molecular formula is C49H93N15. The summed E-state index contributed by atoms with van der Waals surface area (Å²) in [7, 11) is 8.91. The van der Waals surface area contributed by atoms with Gasteiger partial charge in [0.05, 0.1) is 13.3 Å². The quantitative estimate of drug-likeness (QED) is 0.131. The number of aromatic nitrogens is 6. The lowest BCUT2D eigenvalue weighted by Crippen LogP contribution is -2.63. The number of nitrogens with one attached hydrogen (secondary N) is 2. The van der Waals surface area contributed by atoms with Crippen LogP contribution in [0.3, 0.4) is 0 Å². The van der Waals surface area contributed by atoms with E-state index in [1.807, 2.05) is 0 Å². The molecule has 0 aliphatic carbocycles. The molecular weight excluding hydrogens is 799 g/mol. The summed E-state index contributed by atoms with van der Waals surface area (Å²) >= 11 is 0. The van der Waals surface area contributed by atoms with Crippen molar-refractivity contribution in [3.8, 4) is 0 Å². The van der Waals surface area contributed by atoms with E-state index in [9.17, 15) is 0 Å². The number of piperidine rings is 3. The molecule has 15 heteroatoms. The first-order chi connectivity index (χ1) is 29.7. The Balaban J connectivity index is 1.43. The van der Waals surface area contributed by atoms with Gasteiger partial charge in [0.2, 0.25) is 29.7 Å². The van der Waals surface area contributed by atoms with E-state index < -0.39 is 0 Å². The van der Waals surface area contributed by atoms with E-state index in [0.717, 1.165) is 102 Å². The third kappa shape index (κ3) is 11.9. The fraction of sp³-hybridized carbons (Fsp3) is 0.878. The van der Waals surface area contributed by atoms with Gasteiger partial charge in [-0.05, 0) is 170 Å². The van der Waals surface area contributed by atoms with Crippen LogP contribution in [0.4, 0.5) is 29.7 Å². The molecule has 0 radical (unpaired) electrons. The second kappa shape index (κ2) is 20.0. The molecule has 5 rings (SSSR count). The van der Waals surface area contributed by atoms with E-state index in [1.165, 1.54) is 0 Å². The summed E-state index contributed by atoms with van der Waals surface area (Å²) in [6.45, 7) is 38.9. The van der Waals surface area contributed by atoms with E-state index in [-0.39, 0.29) is 33.2 Å². The van der Waals surface area contributed by atoms with Crippen molar-refractivity contribution in [2.45, 2.75) is 219 Å². The van der Waals surface area contributed by atoms with Crippen LogP contribution in [0.5, 0.6) is 0 Å². The molecule has 3 aliphatic rings. The summed E-state index contributed by atoms with van der Waals surface area (Å²) in [5.41, 5.74) is 0.223. The molecule has 2 aromatic heterocycles. The summed E-state index contributed by atoms with van der Waals surface area (Å²) in [5, 5.41) is 7.14. The molecule has 3 fully saturated rings. The van der Waals surface area contributed by atoms with Gasteiger partial charge in [-0.15, -0.1) is 0 Å². The Morgan fingerprint density at radius 2 is 0.844 bits per heavy atom. The summed E-state index contributed by atoms with van der Waals surface area (Å²) < 4.78 is 0. The fourth-order valence-electron chi connectivity index (χ4n) is 11.4. The highest BCUT2D eigenvalue weighted by molar-refractivity contribution is 5.47. The number of rotatable bonds is 19. The van der Waals surface area contributed by atoms with Crippen molar-refractivity contribution in [1.29, 1.82) is 0 Å². The minimum Gasteiger partial charge on any atom is -0.341 e. The predicted octanol–water partition coefficient (Wildman–Crippen LogP) is 8.42. The third-order valence-corrected chi connectivity index (χ3v) is 16.0. The number of likely N-dealkylation sites (tertiary alicyclic amines) is 3. The molecule has 364 valence electrons. The molecule has 0 atom stereocenters. The van der Waals surface area contributed by atoms with Crippen molar-refractivity contribution in [3.63, 3.8) is 0 Å². The molecule has 0 unspecified atom stereocenters. The zero-order chi connectivity index (χ0) is 47.6. The summed E-state index contributed by atoms with van der Waals surface area (Å²) in [6, 6.07) is 0.910. The van der Waals surface area contributed by atoms with Crippen LogP contribution in [-0.2, 0) is 0 Å². The lowest BCUT2D eigenvalue weighted by atomic mass is 9.77. The number of hydrogen-bond donors (Lipinski definition) is 2. The van der Waals surface area contributed by atoms with Gasteiger partial charge in [-0.3, -0.25) is 19.6 Å². The molecule has 0 bridgehead atoms. The van der Waals surface area contributed by atoms with Crippen LogP contribution in [0.1, 0.15) is 168 Å². The number of anilines is 5. The number of unbranched alkanes of at least 4 members (excludes halogenated alkanes) is 2. The van der Waals surface area contributed by atoms with Gasteiger partial charge in [-0.1, -0.05) is 26.7 Å². The van der Waals surface area contributed by atoms with Crippen molar-refractivity contribution in [2.75, 3.05) is 86.5 Å². The highest BCUT2D eigenvalue weighted by Gasteiger charge is 2.48. The van der Waals surface area contributed by atoms with Gasteiger partial charge >= 0.3 is 0 Å². The first-order valence-electron chi connectivity index (χ1n) is 24.8. The molecule has 2 N–H and O–H groups in total. The summed E-state index contributed by atoms with van der Waals surface area (Å²) in [5.74, 6) is 3.46. The molecule has 0 amide bonds. The van der Waals surface area contributed by atoms with E-state index >= 15 is 0 Å². The molecule has 0 saturated carbocycles. The van der Waals surface area contributed by atoms with E-state index in [0.29, 0.717) is 43.4 Å². The zero-order valence-corrected chi connectivity index (χ0v) is 44.2. The predicted molar refractivity (Wildman–Crippen MR) is 269 cm³/mol. The average molecular weight is 892 g/mol. The van der Waals surface area contributed by atoms with Crippen LogP contribution >= 0.6 is 0 Å². The van der Waals surface area contributed by atoms with Crippen LogP contribution in [0, 0.1) is 0 Å². The molecule has 64 heavy (non-hydrogen) atoms. The standard InChI is InChI=1S/C49H93N15/c1-20-23-25-63(37-29-46(8,9)60(18)47(10,11)30-37)42-55-40(56-43(57-42)64(26-24-21-2)38-31-48(12,13)61(19)49(14,15)32-38)53-35-58(16)34-52-39-50-33-51-41(54-39)62(22-3)36-27-44(4,5)59(17)45(6,7)28-36/h33,36-38H,20-32,34-35H2,1-19H3,(H,50,51,52,54)(H,53,55,56,57). The van der Waals surface area contributed by atoms with E-state index in [4.69, 9.17) is 19.9 Å². The highest BCUT2D eigenvalue weighted by atomic mass is 15.4. The Kier molecular flexibility index (Phi) is 16.2. The average Bonchev–Trinajstić information content (AvgIpc) is 3.19. The summed E-state index contributed by atoms with van der Waals surface area (Å²) in [4.78, 5) is 47.6. The van der Waals surface area contributed by atoms with Crippen molar-refractivity contribution < 1.29 is 0 Å². The zero-order valence-electron chi connectivity index (χ0n) is 44.2. The molecule has 0 spiro atoms. The van der Waals surface area contributed by atoms with Gasteiger partial charge in [0.15, 0.2) is 0 Å². The Bertz CT molecular complexity index is 1680. The fourth-order valence-corrected chi connectivity index (χ4v) is 11.4. The Labute approximate surface area is 390 Å². The van der Waals surface area contributed by atoms with Gasteiger partial charge in [-0.2, -0.15) is 19.9 Å². The Morgan fingerprint density at radius 3 is 1.20 bits per heavy atom. The van der Waals surface area contributed by atoms with Crippen LogP contribution in [0.2, 0.25) is 0 Å². The van der Waals surface area contributed by atoms with Crippen LogP contribution < -0.4 is 25.3 Å². The van der Waals surface area contributed by atoms with E-state index in [1.54, 1.807) is 6.33 Å². The lowest BCUT2D eigenvalue weighted by Gasteiger charge is -2.56. The summed E-state index contributed by atoms with van der Waals surface area (Å²) in [6.07, 6.45) is 12.2. The first kappa shape index (κ1) is 51.8. The molecule has 3 saturated heterocycles. The molecule has 0 aromatic carbocycles. The van der Waals surface area contributed by atoms with Gasteiger partial charge in [-0.25, -0.2) is 9.97 Å². The normalized spacial score (nSPS) is 22.7. The molecule has 15 nitrogen and oxygen atoms in total. The lowest BCUT2D eigenvalue weighted by molar-refractivity contribution is -0.0133. The van der Waals surface area contributed by atoms with Crippen molar-refractivity contribution in [3.05, 3.63) is 6.33 Å². The number of hydrogen-bond acceptors (Lipinski definition) is 15. The van der Waals surface area contributed by atoms with Crippen LogP contribution in [0.15, 0.2) is 6.33 Å². The number of nitrogens with zero attached hydrogens (tertiary/aromatic N) is 13. The monoisotopic (exact) mass is 892 g/mol. The topological polar surface area (TPSA) is 124 Å². The maximum Gasteiger partial charge on any atom is 0.232 e. The minimum atomic E-state index is 0.0246. The van der Waals surface area contributed by atoms with Crippen molar-refractivity contribution in [2.24, 2.45) is 0 Å². The van der Waals surface area contributed by atoms with Gasteiger partial charge in [0, 0.05) is 71.0 Å². The smallest absolute Gasteiger partial charge is 0.232 e.